The van der Waals surface area contributed by atoms with Crippen LogP contribution in [0.3, 0.4) is 0 Å². The zero-order valence-electron chi connectivity index (χ0n) is 9.33. The van der Waals surface area contributed by atoms with E-state index in [-0.39, 0.29) is 25.9 Å². The van der Waals surface area contributed by atoms with Crippen molar-refractivity contribution >= 4 is 20.2 Å². The van der Waals surface area contributed by atoms with E-state index in [1.165, 1.54) is 18.4 Å². The molecule has 0 saturated carbocycles. The molecule has 0 aromatic rings. The van der Waals surface area contributed by atoms with Gasteiger partial charge in [-0.1, -0.05) is 0 Å². The molecule has 1 saturated heterocycles. The predicted octanol–water partition coefficient (Wildman–Crippen LogP) is -1.45. The summed E-state index contributed by atoms with van der Waals surface area (Å²) in [6.45, 7) is 0.327. The fourth-order valence-electron chi connectivity index (χ4n) is 1.68. The average molecular weight is 271 g/mol. The molecule has 2 N–H and O–H groups in total. The maximum absolute atomic E-state index is 11.8. The van der Waals surface area contributed by atoms with Crippen LogP contribution in [0.4, 0.5) is 0 Å². The molecule has 0 amide bonds. The lowest BCUT2D eigenvalue weighted by atomic mass is 10.2. The Bertz CT molecular complexity index is 434. The second kappa shape index (κ2) is 4.57. The third kappa shape index (κ3) is 2.92. The van der Waals surface area contributed by atoms with Gasteiger partial charge < -0.3 is 0 Å². The summed E-state index contributed by atoms with van der Waals surface area (Å²) in [5.41, 5.74) is 0. The molecule has 96 valence electrons. The minimum Gasteiger partial charge on any atom is -0.216 e. The average Bonchev–Trinajstić information content (AvgIpc) is 2.16. The molecule has 0 atom stereocenters. The monoisotopic (exact) mass is 271 g/mol. The molecular formula is C7H17N3O4S2. The molecule has 9 heteroatoms. The normalized spacial score (nSPS) is 21.5. The highest BCUT2D eigenvalue weighted by molar-refractivity contribution is 7.89. The van der Waals surface area contributed by atoms with Crippen LogP contribution in [0.5, 0.6) is 0 Å². The number of hydrogen-bond donors (Lipinski definition) is 1. The third-order valence-electron chi connectivity index (χ3n) is 2.69. The summed E-state index contributed by atoms with van der Waals surface area (Å²) in [5, 5.41) is 4.45. The molecule has 0 radical (unpaired) electrons. The number of hydrogen-bond acceptors (Lipinski definition) is 4. The Morgan fingerprint density at radius 3 is 1.88 bits per heavy atom. The maximum Gasteiger partial charge on any atom is 0.276 e. The van der Waals surface area contributed by atoms with E-state index in [4.69, 9.17) is 5.14 Å². The van der Waals surface area contributed by atoms with Gasteiger partial charge in [-0.2, -0.15) is 12.7 Å². The zero-order chi connectivity index (χ0) is 12.6. The smallest absolute Gasteiger partial charge is 0.216 e. The van der Waals surface area contributed by atoms with Crippen LogP contribution in [-0.2, 0) is 20.2 Å². The van der Waals surface area contributed by atoms with Crippen LogP contribution in [0.15, 0.2) is 0 Å². The third-order valence-corrected chi connectivity index (χ3v) is 6.11. The van der Waals surface area contributed by atoms with Crippen molar-refractivity contribution in [1.29, 1.82) is 0 Å². The molecule has 0 spiro atoms. The van der Waals surface area contributed by atoms with E-state index in [2.05, 4.69) is 0 Å². The van der Waals surface area contributed by atoms with Gasteiger partial charge in [-0.25, -0.2) is 17.9 Å². The summed E-state index contributed by atoms with van der Waals surface area (Å²) in [5.74, 6) is 0. The van der Waals surface area contributed by atoms with Crippen LogP contribution in [0.2, 0.25) is 0 Å². The molecule has 16 heavy (non-hydrogen) atoms. The van der Waals surface area contributed by atoms with Crippen LogP contribution < -0.4 is 5.14 Å². The molecule has 1 rings (SSSR count). The zero-order valence-corrected chi connectivity index (χ0v) is 11.0. The first-order valence-electron chi connectivity index (χ1n) is 4.85. The SMILES string of the molecule is CN(C)S(=O)(=O)C1CCN(S(N)(=O)=O)CC1. The summed E-state index contributed by atoms with van der Waals surface area (Å²) >= 11 is 0. The first kappa shape index (κ1) is 13.8. The minimum absolute atomic E-state index is 0.163. The molecule has 1 fully saturated rings. The fraction of sp³-hybridized carbons (Fsp3) is 1.00. The summed E-state index contributed by atoms with van der Waals surface area (Å²) < 4.78 is 47.9. The van der Waals surface area contributed by atoms with E-state index >= 15 is 0 Å². The van der Waals surface area contributed by atoms with Crippen molar-refractivity contribution in [3.63, 3.8) is 0 Å². The maximum atomic E-state index is 11.8. The molecule has 0 bridgehead atoms. The minimum atomic E-state index is -3.69. The van der Waals surface area contributed by atoms with Gasteiger partial charge in [0.05, 0.1) is 5.25 Å². The van der Waals surface area contributed by atoms with Crippen LogP contribution in [0, 0.1) is 0 Å². The Kier molecular flexibility index (Phi) is 3.95. The standard InChI is InChI=1S/C7H17N3O4S2/c1-9(2)15(11,12)7-3-5-10(6-4-7)16(8,13)14/h7H,3-6H2,1-2H3,(H2,8,13,14). The molecule has 0 aromatic carbocycles. The van der Waals surface area contributed by atoms with E-state index in [0.29, 0.717) is 0 Å². The molecular weight excluding hydrogens is 254 g/mol. The Balaban J connectivity index is 2.70. The van der Waals surface area contributed by atoms with Crippen molar-refractivity contribution in [2.75, 3.05) is 27.2 Å². The fourth-order valence-corrected chi connectivity index (χ4v) is 3.81. The van der Waals surface area contributed by atoms with Gasteiger partial charge in [0.1, 0.15) is 0 Å². The molecule has 0 aromatic heterocycles. The van der Waals surface area contributed by atoms with Gasteiger partial charge in [-0.3, -0.25) is 0 Å². The number of sulfonamides is 1. The van der Waals surface area contributed by atoms with Crippen molar-refractivity contribution in [2.45, 2.75) is 18.1 Å². The van der Waals surface area contributed by atoms with Crippen LogP contribution in [-0.4, -0.2) is 57.9 Å². The van der Waals surface area contributed by atoms with E-state index in [1.807, 2.05) is 0 Å². The second-order valence-electron chi connectivity index (χ2n) is 3.97. The van der Waals surface area contributed by atoms with Gasteiger partial charge >= 0.3 is 0 Å². The highest BCUT2D eigenvalue weighted by atomic mass is 32.2. The number of rotatable bonds is 3. The van der Waals surface area contributed by atoms with Crippen molar-refractivity contribution < 1.29 is 16.8 Å². The molecule has 1 heterocycles. The van der Waals surface area contributed by atoms with Crippen LogP contribution >= 0.6 is 0 Å². The van der Waals surface area contributed by atoms with Crippen LogP contribution in [0.25, 0.3) is 0 Å². The molecule has 1 aliphatic heterocycles. The molecule has 1 aliphatic rings. The Morgan fingerprint density at radius 2 is 1.56 bits per heavy atom. The summed E-state index contributed by atoms with van der Waals surface area (Å²) in [4.78, 5) is 0. The largest absolute Gasteiger partial charge is 0.276 e. The number of nitrogens with zero attached hydrogens (tertiary/aromatic N) is 2. The Hall–Kier alpha value is -0.220. The number of nitrogens with two attached hydrogens (primary N) is 1. The summed E-state index contributed by atoms with van der Waals surface area (Å²) in [7, 11) is -4.04. The Morgan fingerprint density at radius 1 is 1.12 bits per heavy atom. The first-order valence-corrected chi connectivity index (χ1v) is 7.85. The molecule has 0 unspecified atom stereocenters. The lowest BCUT2D eigenvalue weighted by molar-refractivity contribution is 0.340. The lowest BCUT2D eigenvalue weighted by Crippen LogP contribution is -2.47. The van der Waals surface area contributed by atoms with Crippen molar-refractivity contribution in [1.82, 2.24) is 8.61 Å². The highest BCUT2D eigenvalue weighted by Crippen LogP contribution is 2.20. The van der Waals surface area contributed by atoms with Crippen molar-refractivity contribution in [2.24, 2.45) is 5.14 Å². The number of piperidine rings is 1. The van der Waals surface area contributed by atoms with Crippen LogP contribution in [0.1, 0.15) is 12.8 Å². The summed E-state index contributed by atoms with van der Waals surface area (Å²) in [6, 6.07) is 0. The van der Waals surface area contributed by atoms with Gasteiger partial charge in [-0.05, 0) is 12.8 Å². The summed E-state index contributed by atoms with van der Waals surface area (Å²) in [6.07, 6.45) is 0.577. The predicted molar refractivity (Wildman–Crippen MR) is 60.3 cm³/mol. The van der Waals surface area contributed by atoms with Gasteiger partial charge in [0, 0.05) is 27.2 Å². The second-order valence-corrected chi connectivity index (χ2v) is 7.94. The van der Waals surface area contributed by atoms with E-state index in [9.17, 15) is 16.8 Å². The Labute approximate surface area is 96.4 Å². The first-order chi connectivity index (χ1) is 7.15. The van der Waals surface area contributed by atoms with Gasteiger partial charge in [0.2, 0.25) is 10.0 Å². The molecule has 7 nitrogen and oxygen atoms in total. The van der Waals surface area contributed by atoms with E-state index in [0.717, 1.165) is 4.31 Å². The van der Waals surface area contributed by atoms with E-state index < -0.39 is 25.5 Å². The highest BCUT2D eigenvalue weighted by Gasteiger charge is 2.34. The van der Waals surface area contributed by atoms with Crippen molar-refractivity contribution in [3.8, 4) is 0 Å². The topological polar surface area (TPSA) is 101 Å². The van der Waals surface area contributed by atoms with Crippen molar-refractivity contribution in [3.05, 3.63) is 0 Å². The van der Waals surface area contributed by atoms with E-state index in [1.54, 1.807) is 0 Å². The van der Waals surface area contributed by atoms with Gasteiger partial charge in [0.25, 0.3) is 10.2 Å². The molecule has 0 aliphatic carbocycles. The van der Waals surface area contributed by atoms with Gasteiger partial charge in [0.15, 0.2) is 0 Å². The quantitative estimate of drug-likeness (QED) is 0.678. The lowest BCUT2D eigenvalue weighted by Gasteiger charge is -2.30. The van der Waals surface area contributed by atoms with Gasteiger partial charge in [-0.15, -0.1) is 0 Å².